The third-order valence-electron chi connectivity index (χ3n) is 4.86. The topological polar surface area (TPSA) is 60.0 Å². The molecule has 0 atom stereocenters. The van der Waals surface area contributed by atoms with E-state index in [-0.39, 0.29) is 12.8 Å². The Morgan fingerprint density at radius 1 is 1.19 bits per heavy atom. The molecule has 0 bridgehead atoms. The Balaban J connectivity index is 1.34. The van der Waals surface area contributed by atoms with Crippen LogP contribution in [-0.4, -0.2) is 37.9 Å². The van der Waals surface area contributed by atoms with E-state index >= 15 is 0 Å². The molecule has 2 aromatic rings. The van der Waals surface area contributed by atoms with E-state index in [0.29, 0.717) is 19.6 Å². The molecule has 6 nitrogen and oxygen atoms in total. The molecule has 6 heteroatoms. The van der Waals surface area contributed by atoms with Crippen LogP contribution in [0.25, 0.3) is 0 Å². The maximum Gasteiger partial charge on any atom is 0.317 e. The second kappa shape index (κ2) is 7.15. The van der Waals surface area contributed by atoms with Crippen molar-refractivity contribution in [3.8, 4) is 17.2 Å². The molecule has 0 unspecified atom stereocenters. The molecule has 2 aliphatic rings. The van der Waals surface area contributed by atoms with E-state index in [9.17, 15) is 4.79 Å². The minimum atomic E-state index is -0.0387. The highest BCUT2D eigenvalue weighted by Gasteiger charge is 2.24. The molecule has 4 rings (SSSR count). The van der Waals surface area contributed by atoms with Crippen molar-refractivity contribution < 1.29 is 19.0 Å². The van der Waals surface area contributed by atoms with Gasteiger partial charge in [-0.3, -0.25) is 0 Å². The van der Waals surface area contributed by atoms with E-state index in [1.807, 2.05) is 41.3 Å². The predicted molar refractivity (Wildman–Crippen MR) is 96.8 cm³/mol. The first-order chi connectivity index (χ1) is 12.7. The Bertz CT molecular complexity index is 821. The summed E-state index contributed by atoms with van der Waals surface area (Å²) in [5.74, 6) is 2.42. The molecule has 2 amide bonds. The average molecular weight is 354 g/mol. The number of carbonyl (C=O) groups is 1. The summed E-state index contributed by atoms with van der Waals surface area (Å²) in [7, 11) is 1.66. The van der Waals surface area contributed by atoms with Gasteiger partial charge in [0, 0.05) is 19.6 Å². The lowest BCUT2D eigenvalue weighted by atomic mass is 9.99. The number of fused-ring (bicyclic) bond motifs is 2. The van der Waals surface area contributed by atoms with Crippen molar-refractivity contribution in [2.24, 2.45) is 0 Å². The lowest BCUT2D eigenvalue weighted by Gasteiger charge is -2.29. The quantitative estimate of drug-likeness (QED) is 0.917. The van der Waals surface area contributed by atoms with Gasteiger partial charge in [0.25, 0.3) is 0 Å². The van der Waals surface area contributed by atoms with Crippen LogP contribution in [0.2, 0.25) is 0 Å². The first kappa shape index (κ1) is 16.6. The van der Waals surface area contributed by atoms with Gasteiger partial charge >= 0.3 is 6.03 Å². The molecule has 0 saturated heterocycles. The number of nitrogens with zero attached hydrogens (tertiary/aromatic N) is 1. The van der Waals surface area contributed by atoms with Crippen molar-refractivity contribution in [3.05, 3.63) is 53.1 Å². The van der Waals surface area contributed by atoms with Crippen LogP contribution in [0.15, 0.2) is 36.4 Å². The van der Waals surface area contributed by atoms with Crippen LogP contribution in [0, 0.1) is 0 Å². The number of benzene rings is 2. The summed E-state index contributed by atoms with van der Waals surface area (Å²) < 4.78 is 16.2. The minimum absolute atomic E-state index is 0.0387. The lowest BCUT2D eigenvalue weighted by molar-refractivity contribution is 0.174. The van der Waals surface area contributed by atoms with Gasteiger partial charge < -0.3 is 24.4 Å². The van der Waals surface area contributed by atoms with E-state index in [1.54, 1.807) is 7.11 Å². The van der Waals surface area contributed by atoms with Gasteiger partial charge in [-0.25, -0.2) is 4.79 Å². The normalized spacial score (nSPS) is 14.7. The third kappa shape index (κ3) is 3.27. The zero-order chi connectivity index (χ0) is 17.9. The fraction of sp³-hybridized carbons (Fsp3) is 0.350. The molecule has 136 valence electrons. The van der Waals surface area contributed by atoms with Gasteiger partial charge in [0.05, 0.1) is 7.11 Å². The summed E-state index contributed by atoms with van der Waals surface area (Å²) in [6.45, 7) is 2.13. The summed E-state index contributed by atoms with van der Waals surface area (Å²) >= 11 is 0. The number of hydrogen-bond donors (Lipinski definition) is 1. The number of urea groups is 1. The summed E-state index contributed by atoms with van der Waals surface area (Å²) in [4.78, 5) is 14.4. The SMILES string of the molecule is COc1ccccc1CCNC(=O)N1CCc2cc3c(cc2C1)OCO3. The van der Waals surface area contributed by atoms with Crippen molar-refractivity contribution in [3.63, 3.8) is 0 Å². The fourth-order valence-electron chi connectivity index (χ4n) is 3.44. The van der Waals surface area contributed by atoms with Crippen LogP contribution in [0.4, 0.5) is 4.79 Å². The highest BCUT2D eigenvalue weighted by molar-refractivity contribution is 5.74. The molecule has 2 aliphatic heterocycles. The van der Waals surface area contributed by atoms with Crippen molar-refractivity contribution in [1.29, 1.82) is 0 Å². The second-order valence-corrected chi connectivity index (χ2v) is 6.44. The highest BCUT2D eigenvalue weighted by Crippen LogP contribution is 2.36. The molecule has 2 heterocycles. The average Bonchev–Trinajstić information content (AvgIpc) is 3.13. The zero-order valence-electron chi connectivity index (χ0n) is 14.8. The van der Waals surface area contributed by atoms with Gasteiger partial charge in [0.1, 0.15) is 5.75 Å². The van der Waals surface area contributed by atoms with Crippen LogP contribution < -0.4 is 19.5 Å². The Morgan fingerprint density at radius 2 is 1.96 bits per heavy atom. The number of nitrogens with one attached hydrogen (secondary N) is 1. The molecule has 2 aromatic carbocycles. The molecule has 0 radical (unpaired) electrons. The summed E-state index contributed by atoms with van der Waals surface area (Å²) in [6.07, 6.45) is 1.56. The van der Waals surface area contributed by atoms with E-state index in [1.165, 1.54) is 5.56 Å². The highest BCUT2D eigenvalue weighted by atomic mass is 16.7. The van der Waals surface area contributed by atoms with Gasteiger partial charge in [0.2, 0.25) is 6.79 Å². The zero-order valence-corrected chi connectivity index (χ0v) is 14.8. The number of para-hydroxylation sites is 1. The Morgan fingerprint density at radius 3 is 2.77 bits per heavy atom. The number of hydrogen-bond acceptors (Lipinski definition) is 4. The summed E-state index contributed by atoms with van der Waals surface area (Å²) in [6, 6.07) is 11.9. The van der Waals surface area contributed by atoms with Crippen LogP contribution in [-0.2, 0) is 19.4 Å². The van der Waals surface area contributed by atoms with E-state index in [4.69, 9.17) is 14.2 Å². The van der Waals surface area contributed by atoms with Gasteiger partial charge in [-0.15, -0.1) is 0 Å². The number of methoxy groups -OCH3 is 1. The number of carbonyl (C=O) groups excluding carboxylic acids is 1. The molecular weight excluding hydrogens is 332 g/mol. The minimum Gasteiger partial charge on any atom is -0.496 e. The third-order valence-corrected chi connectivity index (χ3v) is 4.86. The first-order valence-corrected chi connectivity index (χ1v) is 8.80. The van der Waals surface area contributed by atoms with E-state index < -0.39 is 0 Å². The van der Waals surface area contributed by atoms with Crippen LogP contribution in [0.1, 0.15) is 16.7 Å². The van der Waals surface area contributed by atoms with Gasteiger partial charge in [0.15, 0.2) is 11.5 Å². The monoisotopic (exact) mass is 354 g/mol. The summed E-state index contributed by atoms with van der Waals surface area (Å²) in [5, 5.41) is 3.01. The van der Waals surface area contributed by atoms with Crippen LogP contribution in [0.3, 0.4) is 0 Å². The molecule has 0 fully saturated rings. The number of amides is 2. The van der Waals surface area contributed by atoms with Crippen LogP contribution in [0.5, 0.6) is 17.2 Å². The Kier molecular flexibility index (Phi) is 4.56. The maximum absolute atomic E-state index is 12.5. The maximum atomic E-state index is 12.5. The standard InChI is InChI=1S/C20H22N2O4/c1-24-17-5-3-2-4-14(17)6-8-21-20(23)22-9-7-15-10-18-19(26-13-25-18)11-16(15)12-22/h2-5,10-11H,6-9,12-13H2,1H3,(H,21,23). The lowest BCUT2D eigenvalue weighted by Crippen LogP contribution is -2.43. The largest absolute Gasteiger partial charge is 0.496 e. The smallest absolute Gasteiger partial charge is 0.317 e. The molecule has 0 aromatic heterocycles. The Labute approximate surface area is 152 Å². The predicted octanol–water partition coefficient (Wildman–Crippen LogP) is 2.73. The van der Waals surface area contributed by atoms with E-state index in [0.717, 1.165) is 41.2 Å². The summed E-state index contributed by atoms with van der Waals surface area (Å²) in [5.41, 5.74) is 3.44. The first-order valence-electron chi connectivity index (χ1n) is 8.80. The molecule has 0 saturated carbocycles. The van der Waals surface area contributed by atoms with Crippen molar-refractivity contribution in [2.75, 3.05) is 27.0 Å². The van der Waals surface area contributed by atoms with E-state index in [2.05, 4.69) is 5.32 Å². The Hall–Kier alpha value is -2.89. The molecule has 0 aliphatic carbocycles. The van der Waals surface area contributed by atoms with Crippen molar-refractivity contribution in [2.45, 2.75) is 19.4 Å². The number of ether oxygens (including phenoxy) is 3. The van der Waals surface area contributed by atoms with Gasteiger partial charge in [-0.1, -0.05) is 18.2 Å². The van der Waals surface area contributed by atoms with Gasteiger partial charge in [-0.05, 0) is 47.7 Å². The van der Waals surface area contributed by atoms with Crippen LogP contribution >= 0.6 is 0 Å². The number of rotatable bonds is 4. The molecular formula is C20H22N2O4. The van der Waals surface area contributed by atoms with Crippen molar-refractivity contribution in [1.82, 2.24) is 10.2 Å². The molecule has 0 spiro atoms. The van der Waals surface area contributed by atoms with Crippen molar-refractivity contribution >= 4 is 6.03 Å². The molecule has 26 heavy (non-hydrogen) atoms. The van der Waals surface area contributed by atoms with Gasteiger partial charge in [-0.2, -0.15) is 0 Å². The fourth-order valence-corrected chi connectivity index (χ4v) is 3.44. The molecule has 1 N–H and O–H groups in total. The second-order valence-electron chi connectivity index (χ2n) is 6.44.